The second-order valence-corrected chi connectivity index (χ2v) is 10.4. The molecule has 0 fully saturated rings. The Morgan fingerprint density at radius 2 is 1.61 bits per heavy atom. The standard InChI is InChI=1S/C21H26NO7PS/c1-27-21(24)19(13-14-31(26)18-7-5-4-6-8-18)22-20(23)17-11-9-16(10-12-17)15-30(25,28-2)29-3/h4-12,19H,13-15H2,1-3H3,(H,22,23)/t19-,31+/m0/s1. The van der Waals surface area contributed by atoms with Crippen LogP contribution in [0.2, 0.25) is 0 Å². The summed E-state index contributed by atoms with van der Waals surface area (Å²) in [5, 5.41) is 2.63. The van der Waals surface area contributed by atoms with Crippen LogP contribution in [0.3, 0.4) is 0 Å². The van der Waals surface area contributed by atoms with Gasteiger partial charge in [0.25, 0.3) is 5.91 Å². The minimum absolute atomic E-state index is 0.0674. The summed E-state index contributed by atoms with van der Waals surface area (Å²) in [6, 6.07) is 14.3. The molecule has 0 aliphatic heterocycles. The number of carbonyl (C=O) groups excluding carboxylic acids is 2. The van der Waals surface area contributed by atoms with E-state index < -0.39 is 36.3 Å². The van der Waals surface area contributed by atoms with Crippen LogP contribution >= 0.6 is 7.60 Å². The van der Waals surface area contributed by atoms with Crippen molar-refractivity contribution in [2.45, 2.75) is 23.5 Å². The average molecular weight is 467 g/mol. The number of esters is 1. The molecule has 1 amide bonds. The van der Waals surface area contributed by atoms with Crippen molar-refractivity contribution in [3.8, 4) is 0 Å². The summed E-state index contributed by atoms with van der Waals surface area (Å²) >= 11 is 0. The number of carbonyl (C=O) groups is 2. The fourth-order valence-corrected chi connectivity index (χ4v) is 4.95. The van der Waals surface area contributed by atoms with Crippen molar-refractivity contribution < 1.29 is 32.1 Å². The first-order valence-corrected chi connectivity index (χ1v) is 12.5. The second-order valence-electron chi connectivity index (χ2n) is 6.53. The monoisotopic (exact) mass is 467 g/mol. The molecule has 2 aromatic carbocycles. The van der Waals surface area contributed by atoms with E-state index in [0.717, 1.165) is 0 Å². The third-order valence-corrected chi connectivity index (χ3v) is 7.81. The molecule has 168 valence electrons. The number of benzene rings is 2. The number of hydrogen-bond donors (Lipinski definition) is 1. The summed E-state index contributed by atoms with van der Waals surface area (Å²) in [5.41, 5.74) is 0.984. The van der Waals surface area contributed by atoms with Gasteiger partial charge in [0.05, 0.1) is 24.1 Å². The summed E-state index contributed by atoms with van der Waals surface area (Å²) in [6.45, 7) is 0. The van der Waals surface area contributed by atoms with E-state index >= 15 is 0 Å². The average Bonchev–Trinajstić information content (AvgIpc) is 2.81. The predicted octanol–water partition coefficient (Wildman–Crippen LogP) is 3.14. The van der Waals surface area contributed by atoms with Gasteiger partial charge in [-0.25, -0.2) is 4.79 Å². The first kappa shape index (κ1) is 24.9. The molecule has 31 heavy (non-hydrogen) atoms. The summed E-state index contributed by atoms with van der Waals surface area (Å²) in [7, 11) is -0.673. The third kappa shape index (κ3) is 7.40. The van der Waals surface area contributed by atoms with Gasteiger partial charge in [-0.1, -0.05) is 30.3 Å². The fraction of sp³-hybridized carbons (Fsp3) is 0.333. The molecule has 8 nitrogen and oxygen atoms in total. The second kappa shape index (κ2) is 11.9. The van der Waals surface area contributed by atoms with Gasteiger partial charge in [-0.3, -0.25) is 13.6 Å². The number of ether oxygens (including phenoxy) is 1. The van der Waals surface area contributed by atoms with Crippen molar-refractivity contribution in [2.24, 2.45) is 0 Å². The zero-order valence-electron chi connectivity index (χ0n) is 17.6. The Morgan fingerprint density at radius 1 is 1.00 bits per heavy atom. The maximum absolute atomic E-state index is 12.6. The SMILES string of the molecule is COC(=O)[C@H](CC[S@@](=O)c1ccccc1)NC(=O)c1ccc(CP(=O)(OC)OC)cc1. The zero-order valence-corrected chi connectivity index (χ0v) is 19.3. The molecule has 2 aromatic rings. The van der Waals surface area contributed by atoms with Crippen LogP contribution in [-0.4, -0.2) is 49.2 Å². The minimum atomic E-state index is -3.22. The number of methoxy groups -OCH3 is 1. The van der Waals surface area contributed by atoms with Crippen LogP contribution in [-0.2, 0) is 40.1 Å². The molecule has 0 saturated carbocycles. The molecular formula is C21H26NO7PS. The number of hydrogen-bond acceptors (Lipinski definition) is 7. The summed E-state index contributed by atoms with van der Waals surface area (Å²) in [5.74, 6) is -0.906. The summed E-state index contributed by atoms with van der Waals surface area (Å²) in [4.78, 5) is 25.4. The van der Waals surface area contributed by atoms with Crippen LogP contribution in [0.1, 0.15) is 22.3 Å². The third-order valence-electron chi connectivity index (χ3n) is 4.54. The van der Waals surface area contributed by atoms with Gasteiger partial charge in [-0.05, 0) is 36.2 Å². The van der Waals surface area contributed by atoms with Crippen LogP contribution in [0.15, 0.2) is 59.5 Å². The highest BCUT2D eigenvalue weighted by molar-refractivity contribution is 7.85. The Kier molecular flexibility index (Phi) is 9.58. The number of rotatable bonds is 11. The van der Waals surface area contributed by atoms with Gasteiger partial charge in [0.2, 0.25) is 0 Å². The zero-order chi connectivity index (χ0) is 22.9. The van der Waals surface area contributed by atoms with Crippen molar-refractivity contribution in [3.05, 3.63) is 65.7 Å². The van der Waals surface area contributed by atoms with Gasteiger partial charge in [0.1, 0.15) is 6.04 Å². The Hall–Kier alpha value is -2.32. The lowest BCUT2D eigenvalue weighted by Crippen LogP contribution is -2.42. The van der Waals surface area contributed by atoms with E-state index in [4.69, 9.17) is 13.8 Å². The van der Waals surface area contributed by atoms with Crippen LogP contribution in [0, 0.1) is 0 Å². The van der Waals surface area contributed by atoms with Crippen molar-refractivity contribution in [1.82, 2.24) is 5.32 Å². The molecule has 1 N–H and O–H groups in total. The molecular weight excluding hydrogens is 441 g/mol. The lowest BCUT2D eigenvalue weighted by molar-refractivity contribution is -0.142. The molecule has 0 bridgehead atoms. The minimum Gasteiger partial charge on any atom is -0.467 e. The normalized spacial score (nSPS) is 13.3. The Morgan fingerprint density at radius 3 is 2.16 bits per heavy atom. The van der Waals surface area contributed by atoms with Gasteiger partial charge in [0, 0.05) is 30.4 Å². The van der Waals surface area contributed by atoms with Gasteiger partial charge in [-0.15, -0.1) is 0 Å². The molecule has 2 atom stereocenters. The maximum Gasteiger partial charge on any atom is 0.334 e. The van der Waals surface area contributed by atoms with E-state index in [1.807, 2.05) is 6.07 Å². The van der Waals surface area contributed by atoms with Crippen LogP contribution in [0.25, 0.3) is 0 Å². The van der Waals surface area contributed by atoms with E-state index in [9.17, 15) is 18.4 Å². The van der Waals surface area contributed by atoms with Crippen LogP contribution < -0.4 is 5.32 Å². The van der Waals surface area contributed by atoms with Crippen molar-refractivity contribution in [1.29, 1.82) is 0 Å². The number of nitrogens with one attached hydrogen (secondary N) is 1. The molecule has 2 rings (SSSR count). The van der Waals surface area contributed by atoms with Gasteiger partial charge >= 0.3 is 13.6 Å². The lowest BCUT2D eigenvalue weighted by Gasteiger charge is -2.17. The summed E-state index contributed by atoms with van der Waals surface area (Å²) in [6.07, 6.45) is 0.223. The molecule has 0 radical (unpaired) electrons. The van der Waals surface area contributed by atoms with Crippen LogP contribution in [0.5, 0.6) is 0 Å². The van der Waals surface area contributed by atoms with Gasteiger partial charge in [0.15, 0.2) is 0 Å². The first-order chi connectivity index (χ1) is 14.8. The Bertz CT molecular complexity index is 942. The lowest BCUT2D eigenvalue weighted by atomic mass is 10.1. The molecule has 0 saturated heterocycles. The highest BCUT2D eigenvalue weighted by Gasteiger charge is 2.24. The fourth-order valence-electron chi connectivity index (χ4n) is 2.74. The Balaban J connectivity index is 2.02. The van der Waals surface area contributed by atoms with E-state index in [2.05, 4.69) is 5.32 Å². The molecule has 0 aliphatic carbocycles. The van der Waals surface area contributed by atoms with E-state index in [1.54, 1.807) is 48.5 Å². The van der Waals surface area contributed by atoms with Crippen LogP contribution in [0.4, 0.5) is 0 Å². The first-order valence-electron chi connectivity index (χ1n) is 9.43. The smallest absolute Gasteiger partial charge is 0.334 e. The molecule has 0 aromatic heterocycles. The molecule has 0 aliphatic rings. The predicted molar refractivity (Wildman–Crippen MR) is 117 cm³/mol. The van der Waals surface area contributed by atoms with Crippen molar-refractivity contribution in [2.75, 3.05) is 27.1 Å². The topological polar surface area (TPSA) is 108 Å². The highest BCUT2D eigenvalue weighted by atomic mass is 32.2. The largest absolute Gasteiger partial charge is 0.467 e. The van der Waals surface area contributed by atoms with Crippen molar-refractivity contribution in [3.63, 3.8) is 0 Å². The van der Waals surface area contributed by atoms with E-state index in [0.29, 0.717) is 16.0 Å². The van der Waals surface area contributed by atoms with E-state index in [1.165, 1.54) is 21.3 Å². The molecule has 0 unspecified atom stereocenters. The van der Waals surface area contributed by atoms with E-state index in [-0.39, 0.29) is 18.3 Å². The van der Waals surface area contributed by atoms with Gasteiger partial charge in [-0.2, -0.15) is 0 Å². The highest BCUT2D eigenvalue weighted by Crippen LogP contribution is 2.49. The maximum atomic E-state index is 12.6. The Labute approximate surface area is 184 Å². The van der Waals surface area contributed by atoms with Crippen molar-refractivity contribution >= 4 is 30.3 Å². The molecule has 10 heteroatoms. The number of amides is 1. The molecule has 0 heterocycles. The summed E-state index contributed by atoms with van der Waals surface area (Å²) < 4.78 is 39.2. The van der Waals surface area contributed by atoms with Gasteiger partial charge < -0.3 is 19.1 Å². The quantitative estimate of drug-likeness (QED) is 0.400. The molecule has 0 spiro atoms.